The molecule has 2 rings (SSSR count). The molecule has 0 aliphatic heterocycles. The second-order valence-electron chi connectivity index (χ2n) is 8.48. The summed E-state index contributed by atoms with van der Waals surface area (Å²) in [5, 5.41) is 0. The second-order valence-corrected chi connectivity index (χ2v) is 10.2. The number of guanidine groups is 1. The first-order valence-corrected chi connectivity index (χ1v) is 12.7. The highest BCUT2D eigenvalue weighted by Gasteiger charge is 2.34. The Bertz CT molecular complexity index is 1260. The summed E-state index contributed by atoms with van der Waals surface area (Å²) in [6, 6.07) is 4.79. The Hall–Kier alpha value is -3.01. The van der Waals surface area contributed by atoms with Gasteiger partial charge in [0, 0.05) is 5.56 Å². The summed E-state index contributed by atoms with van der Waals surface area (Å²) in [4.78, 5) is 26.8. The first-order chi connectivity index (χ1) is 18.2. The number of aliphatic imine (C=N–C) groups is 1. The van der Waals surface area contributed by atoms with Crippen LogP contribution in [0.2, 0.25) is 0 Å². The largest absolute Gasteiger partial charge is 0.573 e. The van der Waals surface area contributed by atoms with Crippen LogP contribution in [0.3, 0.4) is 0 Å². The maximum atomic E-state index is 12.3. The predicted octanol–water partition coefficient (Wildman–Crippen LogP) is 7.14. The van der Waals surface area contributed by atoms with Crippen LogP contribution >= 0.6 is 31.9 Å². The van der Waals surface area contributed by atoms with Gasteiger partial charge in [-0.25, -0.2) is 4.79 Å². The topological polar surface area (TPSA) is 126 Å². The number of carbonyl (C=O) groups excluding carboxylic acids is 2. The molecular weight excluding hydrogens is 684 g/mol. The van der Waals surface area contributed by atoms with Crippen molar-refractivity contribution in [2.24, 2.45) is 16.5 Å². The lowest BCUT2D eigenvalue weighted by molar-refractivity contribution is -0.276. The third-order valence-corrected chi connectivity index (χ3v) is 6.01. The van der Waals surface area contributed by atoms with Crippen molar-refractivity contribution < 1.29 is 50.1 Å². The number of carbonyl (C=O) groups is 2. The third kappa shape index (κ3) is 10.9. The van der Waals surface area contributed by atoms with Gasteiger partial charge in [0.15, 0.2) is 5.96 Å². The summed E-state index contributed by atoms with van der Waals surface area (Å²) >= 11 is 5.98. The van der Waals surface area contributed by atoms with Crippen molar-refractivity contribution in [3.63, 3.8) is 0 Å². The molecule has 0 aliphatic carbocycles. The second kappa shape index (κ2) is 14.1. The molecular formula is C24H25Br2F6N3O5. The Morgan fingerprint density at radius 1 is 0.775 bits per heavy atom. The summed E-state index contributed by atoms with van der Waals surface area (Å²) in [6.45, 7) is 7.19. The van der Waals surface area contributed by atoms with Gasteiger partial charge < -0.3 is 25.7 Å². The standard InChI is InChI=1S/C12H13BrF3N3O2.C12H12BrF3O3/c1-5(2)6-3-8(13)9(21-12(14,15)16)4-7(6)10(20)19-11(17)18;1-6(2)7-4-9(13)10(19-12(14,15)16)5-8(7)11(17)18-3/h3-5H,1-2H3,(H4,17,18,19,20);4-6H,1-3H3. The number of benzene rings is 2. The van der Waals surface area contributed by atoms with E-state index in [9.17, 15) is 35.9 Å². The van der Waals surface area contributed by atoms with Crippen LogP contribution in [0, 0.1) is 0 Å². The number of ether oxygens (including phenoxy) is 3. The van der Waals surface area contributed by atoms with E-state index in [1.165, 1.54) is 19.2 Å². The van der Waals surface area contributed by atoms with Gasteiger partial charge in [-0.2, -0.15) is 4.99 Å². The summed E-state index contributed by atoms with van der Waals surface area (Å²) in [6.07, 6.45) is -9.70. The molecule has 2 aromatic rings. The molecule has 0 atom stereocenters. The average molecular weight is 709 g/mol. The normalized spacial score (nSPS) is 11.5. The molecule has 0 fully saturated rings. The highest BCUT2D eigenvalue weighted by atomic mass is 79.9. The summed E-state index contributed by atoms with van der Waals surface area (Å²) < 4.78 is 86.2. The van der Waals surface area contributed by atoms with E-state index < -0.39 is 42.1 Å². The zero-order valence-corrected chi connectivity index (χ0v) is 24.8. The molecule has 0 bridgehead atoms. The van der Waals surface area contributed by atoms with E-state index in [2.05, 4.69) is 51.1 Å². The minimum Gasteiger partial charge on any atom is -0.465 e. The number of amides is 1. The van der Waals surface area contributed by atoms with Crippen LogP contribution in [0.1, 0.15) is 71.4 Å². The quantitative estimate of drug-likeness (QED) is 0.141. The molecule has 0 saturated heterocycles. The number of methoxy groups -OCH3 is 1. The van der Waals surface area contributed by atoms with Gasteiger partial charge in [0.05, 0.1) is 21.6 Å². The van der Waals surface area contributed by atoms with Crippen molar-refractivity contribution in [3.8, 4) is 11.5 Å². The molecule has 0 aliphatic rings. The average Bonchev–Trinajstić information content (AvgIpc) is 2.78. The number of esters is 1. The van der Waals surface area contributed by atoms with Crippen molar-refractivity contribution in [1.82, 2.24) is 0 Å². The first-order valence-electron chi connectivity index (χ1n) is 11.1. The Morgan fingerprint density at radius 2 is 1.15 bits per heavy atom. The smallest absolute Gasteiger partial charge is 0.465 e. The minimum absolute atomic E-state index is 0.0506. The molecule has 222 valence electrons. The molecule has 0 heterocycles. The molecule has 0 aromatic heterocycles. The summed E-state index contributed by atoms with van der Waals surface area (Å²) in [5.74, 6) is -3.21. The van der Waals surface area contributed by atoms with Crippen molar-refractivity contribution >= 4 is 49.7 Å². The van der Waals surface area contributed by atoms with Crippen LogP contribution in [-0.2, 0) is 4.74 Å². The Labute approximate surface area is 242 Å². The van der Waals surface area contributed by atoms with Crippen molar-refractivity contribution in [3.05, 3.63) is 55.5 Å². The van der Waals surface area contributed by atoms with Gasteiger partial charge in [-0.05, 0) is 79.1 Å². The Morgan fingerprint density at radius 3 is 1.48 bits per heavy atom. The number of alkyl halides is 6. The summed E-state index contributed by atoms with van der Waals surface area (Å²) in [5.41, 5.74) is 11.3. The maximum absolute atomic E-state index is 12.3. The zero-order chi connectivity index (χ0) is 31.2. The van der Waals surface area contributed by atoms with Gasteiger partial charge >= 0.3 is 18.7 Å². The SMILES string of the molecule is CC(C)c1cc(Br)c(OC(F)(F)F)cc1C(=O)N=C(N)N.COC(=O)c1cc(OC(F)(F)F)c(Br)cc1C(C)C. The lowest BCUT2D eigenvalue weighted by atomic mass is 9.96. The maximum Gasteiger partial charge on any atom is 0.573 e. The van der Waals surface area contributed by atoms with Gasteiger partial charge in [-0.1, -0.05) is 27.7 Å². The zero-order valence-electron chi connectivity index (χ0n) is 21.6. The Balaban J connectivity index is 0.000000402. The Kier molecular flexibility index (Phi) is 12.3. The van der Waals surface area contributed by atoms with Crippen molar-refractivity contribution in [1.29, 1.82) is 0 Å². The molecule has 2 aromatic carbocycles. The fourth-order valence-electron chi connectivity index (χ4n) is 3.15. The number of rotatable bonds is 6. The van der Waals surface area contributed by atoms with Gasteiger partial charge in [-0.3, -0.25) is 4.79 Å². The van der Waals surface area contributed by atoms with E-state index in [0.717, 1.165) is 12.1 Å². The molecule has 0 radical (unpaired) electrons. The van der Waals surface area contributed by atoms with E-state index in [-0.39, 0.29) is 31.9 Å². The van der Waals surface area contributed by atoms with Crippen LogP contribution in [0.4, 0.5) is 26.3 Å². The van der Waals surface area contributed by atoms with Gasteiger partial charge in [0.1, 0.15) is 11.5 Å². The van der Waals surface area contributed by atoms with Gasteiger partial charge in [0.2, 0.25) is 0 Å². The van der Waals surface area contributed by atoms with Crippen molar-refractivity contribution in [2.45, 2.75) is 52.3 Å². The first kappa shape index (κ1) is 35.0. The highest BCUT2D eigenvalue weighted by Crippen LogP contribution is 2.37. The molecule has 8 nitrogen and oxygen atoms in total. The molecule has 16 heteroatoms. The van der Waals surface area contributed by atoms with Crippen LogP contribution in [0.5, 0.6) is 11.5 Å². The van der Waals surface area contributed by atoms with E-state index in [1.54, 1.807) is 13.8 Å². The van der Waals surface area contributed by atoms with Gasteiger partial charge in [-0.15, -0.1) is 26.3 Å². The van der Waals surface area contributed by atoms with E-state index in [1.807, 2.05) is 13.8 Å². The minimum atomic E-state index is -4.88. The van der Waals surface area contributed by atoms with Crippen molar-refractivity contribution in [2.75, 3.05) is 7.11 Å². The fraction of sp³-hybridized carbons (Fsp3) is 0.375. The number of hydrogen-bond donors (Lipinski definition) is 2. The molecule has 0 unspecified atom stereocenters. The van der Waals surface area contributed by atoms with Crippen LogP contribution < -0.4 is 20.9 Å². The lowest BCUT2D eigenvalue weighted by Gasteiger charge is -2.16. The van der Waals surface area contributed by atoms with E-state index in [0.29, 0.717) is 11.1 Å². The van der Waals surface area contributed by atoms with Gasteiger partial charge in [0.25, 0.3) is 5.91 Å². The van der Waals surface area contributed by atoms with Crippen LogP contribution in [0.15, 0.2) is 38.2 Å². The number of nitrogens with two attached hydrogens (primary N) is 2. The fourth-order valence-corrected chi connectivity index (χ4v) is 4.03. The molecule has 4 N–H and O–H groups in total. The van der Waals surface area contributed by atoms with E-state index >= 15 is 0 Å². The molecule has 1 amide bonds. The van der Waals surface area contributed by atoms with E-state index in [4.69, 9.17) is 11.5 Å². The number of nitrogens with zero attached hydrogens (tertiary/aromatic N) is 1. The molecule has 0 saturated carbocycles. The predicted molar refractivity (Wildman–Crippen MR) is 141 cm³/mol. The molecule has 0 spiro atoms. The third-order valence-electron chi connectivity index (χ3n) is 4.77. The monoisotopic (exact) mass is 707 g/mol. The molecule has 40 heavy (non-hydrogen) atoms. The lowest BCUT2D eigenvalue weighted by Crippen LogP contribution is -2.24. The summed E-state index contributed by atoms with van der Waals surface area (Å²) in [7, 11) is 1.17. The number of halogens is 8. The van der Waals surface area contributed by atoms with Crippen LogP contribution in [-0.4, -0.2) is 37.7 Å². The van der Waals surface area contributed by atoms with Crippen LogP contribution in [0.25, 0.3) is 0 Å². The number of hydrogen-bond acceptors (Lipinski definition) is 5. The highest BCUT2D eigenvalue weighted by molar-refractivity contribution is 9.10.